The molecule has 1 rings (SSSR count). The Balaban J connectivity index is 2.64. The molecule has 0 saturated carbocycles. The third-order valence-corrected chi connectivity index (χ3v) is 2.19. The molecule has 0 spiro atoms. The zero-order valence-corrected chi connectivity index (χ0v) is 9.27. The van der Waals surface area contributed by atoms with E-state index in [1.165, 1.54) is 4.90 Å². The Morgan fingerprint density at radius 3 is 2.60 bits per heavy atom. The van der Waals surface area contributed by atoms with Gasteiger partial charge in [0.1, 0.15) is 17.9 Å². The maximum absolute atomic E-state index is 11.6. The Labute approximate surface area is 89.0 Å². The second-order valence-corrected chi connectivity index (χ2v) is 4.66. The maximum Gasteiger partial charge on any atom is 0.410 e. The summed E-state index contributed by atoms with van der Waals surface area (Å²) in [6.07, 6.45) is -0.310. The van der Waals surface area contributed by atoms with Crippen molar-refractivity contribution in [3.8, 4) is 0 Å². The van der Waals surface area contributed by atoms with Crippen LogP contribution in [0.4, 0.5) is 4.79 Å². The first-order valence-electron chi connectivity index (χ1n) is 4.98. The zero-order chi connectivity index (χ0) is 11.6. The van der Waals surface area contributed by atoms with Crippen molar-refractivity contribution >= 4 is 12.4 Å². The van der Waals surface area contributed by atoms with E-state index < -0.39 is 23.8 Å². The van der Waals surface area contributed by atoms with E-state index in [9.17, 15) is 14.7 Å². The van der Waals surface area contributed by atoms with Gasteiger partial charge in [0.05, 0.1) is 6.10 Å². The third kappa shape index (κ3) is 2.92. The first kappa shape index (κ1) is 12.0. The van der Waals surface area contributed by atoms with Gasteiger partial charge in [-0.15, -0.1) is 0 Å². The van der Waals surface area contributed by atoms with Crippen molar-refractivity contribution in [1.82, 2.24) is 4.90 Å². The number of amides is 1. The number of carbonyl (C=O) groups excluding carboxylic acids is 2. The van der Waals surface area contributed by atoms with Crippen LogP contribution in [-0.4, -0.2) is 46.7 Å². The average Bonchev–Trinajstić information content (AvgIpc) is 2.43. The molecule has 0 radical (unpaired) electrons. The van der Waals surface area contributed by atoms with Gasteiger partial charge in [0, 0.05) is 6.54 Å². The number of carbonyl (C=O) groups is 2. The highest BCUT2D eigenvalue weighted by molar-refractivity contribution is 5.75. The van der Waals surface area contributed by atoms with Crippen LogP contribution in [0.25, 0.3) is 0 Å². The van der Waals surface area contributed by atoms with Crippen LogP contribution in [0, 0.1) is 0 Å². The van der Waals surface area contributed by atoms with Crippen LogP contribution in [0.3, 0.4) is 0 Å². The standard InChI is InChI=1S/C10H17NO4/c1-10(2,3)15-9(14)11-5-4-8(13)7(11)6-12/h6-8,13H,4-5H2,1-3H3/t7-,8+/m1/s1. The van der Waals surface area contributed by atoms with E-state index in [-0.39, 0.29) is 0 Å². The lowest BCUT2D eigenvalue weighted by Gasteiger charge is -2.26. The summed E-state index contributed by atoms with van der Waals surface area (Å²) in [7, 11) is 0. The van der Waals surface area contributed by atoms with E-state index in [4.69, 9.17) is 4.74 Å². The molecule has 1 aliphatic rings. The summed E-state index contributed by atoms with van der Waals surface area (Å²) in [5.74, 6) is 0. The average molecular weight is 215 g/mol. The van der Waals surface area contributed by atoms with Gasteiger partial charge in [0.25, 0.3) is 0 Å². The maximum atomic E-state index is 11.6. The lowest BCUT2D eigenvalue weighted by Crippen LogP contribution is -2.43. The fourth-order valence-corrected chi connectivity index (χ4v) is 1.50. The number of hydrogen-bond donors (Lipinski definition) is 1. The Morgan fingerprint density at radius 1 is 1.53 bits per heavy atom. The predicted octanol–water partition coefficient (Wildman–Crippen LogP) is 0.556. The molecule has 0 aromatic heterocycles. The highest BCUT2D eigenvalue weighted by atomic mass is 16.6. The van der Waals surface area contributed by atoms with Crippen LogP contribution >= 0.6 is 0 Å². The molecule has 2 atom stereocenters. The second-order valence-electron chi connectivity index (χ2n) is 4.66. The van der Waals surface area contributed by atoms with Gasteiger partial charge >= 0.3 is 6.09 Å². The summed E-state index contributed by atoms with van der Waals surface area (Å²) in [5.41, 5.74) is -0.585. The molecule has 0 aromatic carbocycles. The van der Waals surface area contributed by atoms with Crippen molar-refractivity contribution in [1.29, 1.82) is 0 Å². The SMILES string of the molecule is CC(C)(C)OC(=O)N1CC[C@H](O)[C@H]1C=O. The smallest absolute Gasteiger partial charge is 0.410 e. The topological polar surface area (TPSA) is 66.8 Å². The molecule has 86 valence electrons. The number of aliphatic hydroxyl groups is 1. The fraction of sp³-hybridized carbons (Fsp3) is 0.800. The summed E-state index contributed by atoms with van der Waals surface area (Å²) in [6.45, 7) is 5.63. The Bertz CT molecular complexity index is 259. The summed E-state index contributed by atoms with van der Waals surface area (Å²) in [6, 6.07) is -0.764. The van der Waals surface area contributed by atoms with Gasteiger partial charge in [-0.3, -0.25) is 4.90 Å². The van der Waals surface area contributed by atoms with Crippen LogP contribution in [-0.2, 0) is 9.53 Å². The molecule has 1 heterocycles. The zero-order valence-electron chi connectivity index (χ0n) is 9.27. The van der Waals surface area contributed by atoms with Gasteiger partial charge in [-0.25, -0.2) is 4.79 Å². The molecule has 0 unspecified atom stereocenters. The van der Waals surface area contributed by atoms with Gasteiger partial charge in [0.15, 0.2) is 0 Å². The predicted molar refractivity (Wildman–Crippen MR) is 53.4 cm³/mol. The number of nitrogens with zero attached hydrogens (tertiary/aromatic N) is 1. The summed E-state index contributed by atoms with van der Waals surface area (Å²) in [4.78, 5) is 23.6. The number of aldehydes is 1. The number of rotatable bonds is 1. The first-order chi connectivity index (χ1) is 6.85. The molecule has 0 aliphatic carbocycles. The molecule has 0 bridgehead atoms. The van der Waals surface area contributed by atoms with Crippen molar-refractivity contribution in [2.75, 3.05) is 6.54 Å². The molecule has 1 saturated heterocycles. The van der Waals surface area contributed by atoms with E-state index in [2.05, 4.69) is 0 Å². The fourth-order valence-electron chi connectivity index (χ4n) is 1.50. The molecular weight excluding hydrogens is 198 g/mol. The van der Waals surface area contributed by atoms with E-state index >= 15 is 0 Å². The normalized spacial score (nSPS) is 26.5. The summed E-state index contributed by atoms with van der Waals surface area (Å²) < 4.78 is 5.12. The van der Waals surface area contributed by atoms with Crippen LogP contribution < -0.4 is 0 Å². The molecule has 1 aliphatic heterocycles. The Kier molecular flexibility index (Phi) is 3.34. The van der Waals surface area contributed by atoms with Crippen molar-refractivity contribution < 1.29 is 19.4 Å². The van der Waals surface area contributed by atoms with Crippen molar-refractivity contribution in [3.05, 3.63) is 0 Å². The minimum Gasteiger partial charge on any atom is -0.444 e. The Morgan fingerprint density at radius 2 is 2.13 bits per heavy atom. The molecule has 1 fully saturated rings. The van der Waals surface area contributed by atoms with Gasteiger partial charge < -0.3 is 14.6 Å². The van der Waals surface area contributed by atoms with Crippen LogP contribution in [0.1, 0.15) is 27.2 Å². The van der Waals surface area contributed by atoms with Crippen LogP contribution in [0.15, 0.2) is 0 Å². The largest absolute Gasteiger partial charge is 0.444 e. The van der Waals surface area contributed by atoms with Crippen molar-refractivity contribution in [2.45, 2.75) is 44.9 Å². The highest BCUT2D eigenvalue weighted by Gasteiger charge is 2.37. The number of hydrogen-bond acceptors (Lipinski definition) is 4. The van der Waals surface area contributed by atoms with Crippen molar-refractivity contribution in [2.24, 2.45) is 0 Å². The van der Waals surface area contributed by atoms with E-state index in [0.717, 1.165) is 0 Å². The van der Waals surface area contributed by atoms with E-state index in [1.54, 1.807) is 20.8 Å². The Hall–Kier alpha value is -1.10. The van der Waals surface area contributed by atoms with Crippen LogP contribution in [0.2, 0.25) is 0 Å². The summed E-state index contributed by atoms with van der Waals surface area (Å²) in [5, 5.41) is 9.43. The van der Waals surface area contributed by atoms with Gasteiger partial charge in [-0.1, -0.05) is 0 Å². The monoisotopic (exact) mass is 215 g/mol. The van der Waals surface area contributed by atoms with Crippen LogP contribution in [0.5, 0.6) is 0 Å². The minimum absolute atomic E-state index is 0.361. The minimum atomic E-state index is -0.769. The lowest BCUT2D eigenvalue weighted by molar-refractivity contribution is -0.113. The van der Waals surface area contributed by atoms with Crippen molar-refractivity contribution in [3.63, 3.8) is 0 Å². The molecule has 1 N–H and O–H groups in total. The number of ether oxygens (including phenoxy) is 1. The van der Waals surface area contributed by atoms with E-state index in [1.807, 2.05) is 0 Å². The lowest BCUT2D eigenvalue weighted by atomic mass is 10.2. The summed E-state index contributed by atoms with van der Waals surface area (Å²) >= 11 is 0. The molecule has 1 amide bonds. The molecule has 15 heavy (non-hydrogen) atoms. The first-order valence-corrected chi connectivity index (χ1v) is 4.98. The third-order valence-electron chi connectivity index (χ3n) is 2.19. The molecule has 5 heteroatoms. The highest BCUT2D eigenvalue weighted by Crippen LogP contribution is 2.19. The number of aliphatic hydroxyl groups excluding tert-OH is 1. The quantitative estimate of drug-likeness (QED) is 0.649. The van der Waals surface area contributed by atoms with E-state index in [0.29, 0.717) is 19.3 Å². The molecule has 0 aromatic rings. The number of likely N-dealkylation sites (tertiary alicyclic amines) is 1. The second kappa shape index (κ2) is 4.18. The molecular formula is C10H17NO4. The van der Waals surface area contributed by atoms with Gasteiger partial charge in [0.2, 0.25) is 0 Å². The molecule has 5 nitrogen and oxygen atoms in total. The van der Waals surface area contributed by atoms with Gasteiger partial charge in [-0.2, -0.15) is 0 Å². The van der Waals surface area contributed by atoms with Gasteiger partial charge in [-0.05, 0) is 27.2 Å².